The molecule has 6 aromatic heterocycles. The Morgan fingerprint density at radius 3 is 1.02 bits per heavy atom. The second kappa shape index (κ2) is 32.0. The Balaban J connectivity index is 0.968. The Bertz CT molecular complexity index is 3190. The molecule has 3 fully saturated rings. The predicted octanol–water partition coefficient (Wildman–Crippen LogP) is 2.06. The molecule has 0 saturated carbocycles. The van der Waals surface area contributed by atoms with Crippen molar-refractivity contribution in [2.75, 3.05) is 95.1 Å². The van der Waals surface area contributed by atoms with Crippen molar-refractivity contribution in [1.82, 2.24) is 75.2 Å². The molecule has 34 nitrogen and oxygen atoms in total. The summed E-state index contributed by atoms with van der Waals surface area (Å²) in [4.78, 5) is 62.3. The molecule has 0 bridgehead atoms. The molecule has 3 saturated heterocycles. The summed E-state index contributed by atoms with van der Waals surface area (Å²) in [6.45, 7) is 3.43. The maximum atomic E-state index is 15.7. The van der Waals surface area contributed by atoms with Crippen molar-refractivity contribution < 1.29 is 77.4 Å². The van der Waals surface area contributed by atoms with Crippen LogP contribution in [0.25, 0.3) is 0 Å². The van der Waals surface area contributed by atoms with E-state index in [0.717, 1.165) is 34.0 Å². The molecule has 0 aliphatic carbocycles. The molecular weight excluding hydrogens is 1350 g/mol. The summed E-state index contributed by atoms with van der Waals surface area (Å²) in [6, 6.07) is -1.74. The van der Waals surface area contributed by atoms with Crippen LogP contribution in [0.2, 0.25) is 15.5 Å². The van der Waals surface area contributed by atoms with E-state index in [9.17, 15) is 45.0 Å². The van der Waals surface area contributed by atoms with Crippen LogP contribution < -0.4 is 30.7 Å². The van der Waals surface area contributed by atoms with Crippen LogP contribution in [-0.4, -0.2) is 224 Å². The summed E-state index contributed by atoms with van der Waals surface area (Å²) in [5, 5.41) is 94.2. The number of aliphatic hydroxyl groups excluding tert-OH is 6. The van der Waals surface area contributed by atoms with E-state index < -0.39 is 120 Å². The van der Waals surface area contributed by atoms with Gasteiger partial charge in [-0.05, 0) is 38.5 Å². The van der Waals surface area contributed by atoms with Gasteiger partial charge in [-0.2, -0.15) is 0 Å². The normalized spacial score (nSPS) is 21.3. The zero-order valence-corrected chi connectivity index (χ0v) is 56.3. The highest BCUT2D eigenvalue weighted by Gasteiger charge is 2.40. The molecule has 3 aliphatic rings. The van der Waals surface area contributed by atoms with E-state index in [2.05, 4.69) is 61.5 Å². The van der Waals surface area contributed by atoms with Crippen LogP contribution in [0.3, 0.4) is 0 Å². The number of hydrogen-bond donors (Lipinski definition) is 9. The monoisotopic (exact) mass is 1420 g/mol. The molecular formula is C51H72Cl3N18O16PS3. The second-order valence-corrected chi connectivity index (χ2v) is 26.9. The maximum Gasteiger partial charge on any atom is 0.480 e. The van der Waals surface area contributed by atoms with E-state index in [-0.39, 0.29) is 86.9 Å². The minimum atomic E-state index is -5.07. The average molecular weight is 1430 g/mol. The number of nitrogens with zero attached hydrogens (tertiary/aromatic N) is 15. The summed E-state index contributed by atoms with van der Waals surface area (Å²) in [7, 11) is -0.605. The zero-order chi connectivity index (χ0) is 66.1. The van der Waals surface area contributed by atoms with E-state index in [1.165, 1.54) is 35.0 Å². The molecule has 9 heterocycles. The first-order valence-electron chi connectivity index (χ1n) is 29.1. The summed E-state index contributed by atoms with van der Waals surface area (Å²) in [5.41, 5.74) is 0.884. The molecule has 92 heavy (non-hydrogen) atoms. The molecule has 3 aliphatic heterocycles. The van der Waals surface area contributed by atoms with Crippen molar-refractivity contribution in [3.05, 3.63) is 65.0 Å². The number of hydrogen-bond acceptors (Lipinski definition) is 31. The van der Waals surface area contributed by atoms with Gasteiger partial charge < -0.3 is 75.5 Å². The van der Waals surface area contributed by atoms with Gasteiger partial charge in [0.05, 0.1) is 73.3 Å². The minimum Gasteiger partial charge on any atom is -0.393 e. The number of piperidine rings is 3. The van der Waals surface area contributed by atoms with E-state index in [1.807, 2.05) is 14.7 Å². The predicted molar refractivity (Wildman–Crippen MR) is 333 cm³/mol. The highest BCUT2D eigenvalue weighted by Crippen LogP contribution is 2.51. The Hall–Kier alpha value is -5.26. The number of phosphoric acid groups is 1. The fraction of sp³-hybridized carbons (Fsp3) is 0.647. The molecule has 6 aromatic rings. The minimum absolute atomic E-state index is 0.0667. The number of ether oxygens (including phenoxy) is 3. The average Bonchev–Trinajstić information content (AvgIpc) is 1.68. The molecule has 0 aromatic carbocycles. The molecule has 506 valence electrons. The number of aliphatic hydroxyl groups is 6. The van der Waals surface area contributed by atoms with Gasteiger partial charge in [-0.3, -0.25) is 41.7 Å². The van der Waals surface area contributed by atoms with Gasteiger partial charge in [0.25, 0.3) is 17.7 Å². The Kier molecular flexibility index (Phi) is 24.7. The third-order valence-corrected chi connectivity index (χ3v) is 21.2. The molecule has 9 rings (SSSR count). The lowest BCUT2D eigenvalue weighted by Gasteiger charge is -2.37. The number of imidazole rings is 3. The molecule has 0 radical (unpaired) electrons. The van der Waals surface area contributed by atoms with E-state index >= 15 is 4.57 Å². The smallest absolute Gasteiger partial charge is 0.393 e. The van der Waals surface area contributed by atoms with Gasteiger partial charge in [0.1, 0.15) is 53.5 Å². The van der Waals surface area contributed by atoms with Crippen LogP contribution >= 0.6 is 76.6 Å². The molecule has 3 amide bonds. The Morgan fingerprint density at radius 1 is 0.511 bits per heavy atom. The summed E-state index contributed by atoms with van der Waals surface area (Å²) in [6.07, 6.45) is -3.69. The molecule has 41 heteroatoms. The largest absolute Gasteiger partial charge is 0.480 e. The number of rotatable bonds is 30. The molecule has 0 spiro atoms. The van der Waals surface area contributed by atoms with Crippen molar-refractivity contribution >= 4 is 110 Å². The number of carbonyl (C=O) groups is 3. The van der Waals surface area contributed by atoms with Gasteiger partial charge in [0.2, 0.25) is 32.9 Å². The van der Waals surface area contributed by atoms with Gasteiger partial charge in [0.15, 0.2) is 15.5 Å². The number of halogens is 3. The van der Waals surface area contributed by atoms with E-state index in [1.54, 1.807) is 20.8 Å². The van der Waals surface area contributed by atoms with Gasteiger partial charge in [-0.15, -0.1) is 30.6 Å². The number of carbonyl (C=O) groups excluding carboxylic acids is 3. The van der Waals surface area contributed by atoms with E-state index in [0.29, 0.717) is 71.4 Å². The summed E-state index contributed by atoms with van der Waals surface area (Å²) >= 11 is 23.5. The standard InChI is InChI=1S/C51H72Cl3N18O16PS3/c1-7-28-37(52)58-40(43(79)55-25-10-13-67(16-34(25)83-4)49-64-61-46(90-49)31(76)19-73)70(28)22-86-89(82,87-23-71-29(8-2)38(53)59-41(71)44(80)56-26-11-14-68(17-35(26)84-5)50-65-62-47(91-50)32(77)20-74)88-24-72-30(9-3)39(54)60-42(72)45(81)57-27-12-15-69(18-36(27)85-6)51-66-63-48(92-51)33(78)21-75/h25-27,31-36,73-78H,7-24H2,1-6H3,(H,55,79)(H,56,80)(H,57,81)/t25-,26-,27-,31?,32?,33?,34+,35+,36+,89?/m1/s1. The van der Waals surface area contributed by atoms with Crippen molar-refractivity contribution in [3.8, 4) is 0 Å². The maximum absolute atomic E-state index is 15.7. The molecule has 3 unspecified atom stereocenters. The lowest BCUT2D eigenvalue weighted by molar-refractivity contribution is 0.0445. The van der Waals surface area contributed by atoms with Crippen LogP contribution in [0.15, 0.2) is 0 Å². The van der Waals surface area contributed by atoms with Crippen molar-refractivity contribution in [3.63, 3.8) is 0 Å². The lowest BCUT2D eigenvalue weighted by Crippen LogP contribution is -2.55. The molecule has 9 atom stereocenters. The fourth-order valence-corrected chi connectivity index (χ4v) is 15.2. The quantitative estimate of drug-likeness (QED) is 0.0291. The Labute approximate surface area is 553 Å². The van der Waals surface area contributed by atoms with Gasteiger partial charge in [-0.1, -0.05) is 89.6 Å². The number of amides is 3. The van der Waals surface area contributed by atoms with Crippen molar-refractivity contribution in [2.45, 2.75) is 134 Å². The summed E-state index contributed by atoms with van der Waals surface area (Å²) in [5.74, 6) is -2.84. The number of methoxy groups -OCH3 is 3. The molecule has 9 N–H and O–H groups in total. The van der Waals surface area contributed by atoms with Crippen LogP contribution in [0, 0.1) is 0 Å². The number of phosphoric ester groups is 1. The number of anilines is 3. The van der Waals surface area contributed by atoms with E-state index in [4.69, 9.17) is 62.6 Å². The third kappa shape index (κ3) is 16.0. The van der Waals surface area contributed by atoms with Crippen molar-refractivity contribution in [1.29, 1.82) is 0 Å². The van der Waals surface area contributed by atoms with Crippen molar-refractivity contribution in [2.24, 2.45) is 0 Å². The van der Waals surface area contributed by atoms with Crippen LogP contribution in [0.5, 0.6) is 0 Å². The Morgan fingerprint density at radius 2 is 0.783 bits per heavy atom. The fourth-order valence-electron chi connectivity index (χ4n) is 10.7. The number of nitrogens with one attached hydrogen (secondary N) is 3. The van der Waals surface area contributed by atoms with Crippen LogP contribution in [-0.2, 0) is 71.8 Å². The highest BCUT2D eigenvalue weighted by molar-refractivity contribution is 7.48. The lowest BCUT2D eigenvalue weighted by atomic mass is 10.0. The van der Waals surface area contributed by atoms with Gasteiger partial charge in [0, 0.05) is 60.6 Å². The number of aromatic nitrogens is 12. The highest BCUT2D eigenvalue weighted by atomic mass is 35.5. The van der Waals surface area contributed by atoms with Crippen LogP contribution in [0.4, 0.5) is 15.4 Å². The first-order chi connectivity index (χ1) is 44.2. The van der Waals surface area contributed by atoms with Crippen LogP contribution in [0.1, 0.15) is 122 Å². The van der Waals surface area contributed by atoms with Gasteiger partial charge >= 0.3 is 7.82 Å². The zero-order valence-electron chi connectivity index (χ0n) is 50.7. The SMILES string of the molecule is CCc1c(Cl)nc(C(=O)N[C@@H]2CCN(c3nnc(C(O)CO)s3)C[C@@H]2OC)n1COP(=O)(OCn1c(C(=O)N[C@@H]2CCN(c3nnc(C(O)CO)s3)C[C@@H]2OC)nc(Cl)c1CC)OCn1c(C(=O)N[C@@H]2CCN(c3nnc(C(O)CO)s3)C[C@@H]2OC)nc(Cl)c1CC. The summed E-state index contributed by atoms with van der Waals surface area (Å²) < 4.78 is 55.7. The van der Waals surface area contributed by atoms with Gasteiger partial charge in [-0.25, -0.2) is 19.5 Å². The topological polar surface area (TPSA) is 422 Å². The third-order valence-electron chi connectivity index (χ3n) is 15.7. The first-order valence-corrected chi connectivity index (χ1v) is 34.2. The second-order valence-electron chi connectivity index (χ2n) is 21.2. The first kappa shape index (κ1) is 71.0.